The number of hydrogen-bond acceptors (Lipinski definition) is 3. The van der Waals surface area contributed by atoms with Crippen molar-refractivity contribution in [3.8, 4) is 5.75 Å². The van der Waals surface area contributed by atoms with Gasteiger partial charge in [-0.1, -0.05) is 18.2 Å². The van der Waals surface area contributed by atoms with Gasteiger partial charge in [0.2, 0.25) is 0 Å². The zero-order chi connectivity index (χ0) is 13.3. The molecule has 4 heteroatoms. The predicted molar refractivity (Wildman–Crippen MR) is 68.3 cm³/mol. The van der Waals surface area contributed by atoms with Crippen molar-refractivity contribution in [2.45, 2.75) is 18.3 Å². The summed E-state index contributed by atoms with van der Waals surface area (Å²) in [5, 5.41) is 9.74. The van der Waals surface area contributed by atoms with Crippen molar-refractivity contribution in [2.24, 2.45) is 0 Å². The molecule has 0 bridgehead atoms. The highest BCUT2D eigenvalue weighted by atomic mass is 16.5. The highest BCUT2D eigenvalue weighted by Crippen LogP contribution is 2.41. The van der Waals surface area contributed by atoms with Crippen LogP contribution < -0.4 is 4.74 Å². The molecule has 0 amide bonds. The Balaban J connectivity index is 2.09. The number of carboxylic acids is 1. The van der Waals surface area contributed by atoms with Gasteiger partial charge in [-0.25, -0.2) is 0 Å². The third kappa shape index (κ3) is 1.89. The van der Waals surface area contributed by atoms with E-state index in [0.717, 1.165) is 5.56 Å². The number of ether oxygens (including phenoxy) is 1. The Morgan fingerprint density at radius 1 is 1.26 bits per heavy atom. The molecule has 0 aliphatic carbocycles. The predicted octanol–water partition coefficient (Wildman–Crippen LogP) is 2.63. The van der Waals surface area contributed by atoms with E-state index in [9.17, 15) is 9.90 Å². The molecule has 1 atom stereocenters. The topological polar surface area (TPSA) is 59.7 Å². The zero-order valence-electron chi connectivity index (χ0n) is 10.3. The van der Waals surface area contributed by atoms with E-state index < -0.39 is 11.4 Å². The lowest BCUT2D eigenvalue weighted by molar-refractivity contribution is -0.145. The average Bonchev–Trinajstić information content (AvgIpc) is 2.91. The number of carboxylic acid groups (broad SMARTS) is 1. The monoisotopic (exact) mass is 258 g/mol. The van der Waals surface area contributed by atoms with Crippen LogP contribution in [-0.2, 0) is 16.6 Å². The van der Waals surface area contributed by atoms with E-state index in [4.69, 9.17) is 9.15 Å². The van der Waals surface area contributed by atoms with Gasteiger partial charge in [0.05, 0.1) is 12.9 Å². The van der Waals surface area contributed by atoms with Crippen molar-refractivity contribution in [3.63, 3.8) is 0 Å². The molecule has 0 saturated heterocycles. The second-order valence-corrected chi connectivity index (χ2v) is 4.74. The van der Waals surface area contributed by atoms with Crippen LogP contribution in [0.15, 0.2) is 47.1 Å². The van der Waals surface area contributed by atoms with E-state index in [2.05, 4.69) is 0 Å². The van der Waals surface area contributed by atoms with Gasteiger partial charge in [0.25, 0.3) is 0 Å². The minimum absolute atomic E-state index is 0.343. The van der Waals surface area contributed by atoms with E-state index in [-0.39, 0.29) is 0 Å². The average molecular weight is 258 g/mol. The first-order valence-electron chi connectivity index (χ1n) is 6.20. The molecule has 2 aromatic rings. The molecule has 1 N–H and O–H groups in total. The van der Waals surface area contributed by atoms with Crippen molar-refractivity contribution < 1.29 is 19.1 Å². The van der Waals surface area contributed by atoms with Crippen molar-refractivity contribution in [1.82, 2.24) is 0 Å². The number of furan rings is 1. The summed E-state index contributed by atoms with van der Waals surface area (Å²) in [6.45, 7) is 0.407. The summed E-state index contributed by atoms with van der Waals surface area (Å²) in [7, 11) is 0. The first kappa shape index (κ1) is 11.8. The molecule has 0 spiro atoms. The molecule has 1 aromatic heterocycles. The third-order valence-corrected chi connectivity index (χ3v) is 3.65. The number of fused-ring (bicyclic) bond motifs is 1. The number of benzene rings is 1. The van der Waals surface area contributed by atoms with Crippen LogP contribution in [-0.4, -0.2) is 17.7 Å². The van der Waals surface area contributed by atoms with Gasteiger partial charge in [-0.15, -0.1) is 0 Å². The quantitative estimate of drug-likeness (QED) is 0.919. The van der Waals surface area contributed by atoms with Crippen LogP contribution in [0.5, 0.6) is 5.75 Å². The summed E-state index contributed by atoms with van der Waals surface area (Å²) in [6, 6.07) is 10.9. The van der Waals surface area contributed by atoms with Gasteiger partial charge in [-0.05, 0) is 18.2 Å². The summed E-state index contributed by atoms with van der Waals surface area (Å²) in [5.41, 5.74) is -0.239. The van der Waals surface area contributed by atoms with E-state index in [1.807, 2.05) is 30.3 Å². The van der Waals surface area contributed by atoms with Gasteiger partial charge >= 0.3 is 5.97 Å². The fourth-order valence-electron chi connectivity index (χ4n) is 2.65. The summed E-state index contributed by atoms with van der Waals surface area (Å²) >= 11 is 0. The first-order valence-corrected chi connectivity index (χ1v) is 6.20. The van der Waals surface area contributed by atoms with E-state index in [1.54, 1.807) is 12.3 Å². The van der Waals surface area contributed by atoms with Crippen LogP contribution in [0.1, 0.15) is 17.7 Å². The molecular formula is C15H14O4. The molecule has 1 aromatic carbocycles. The zero-order valence-corrected chi connectivity index (χ0v) is 10.3. The van der Waals surface area contributed by atoms with Gasteiger partial charge < -0.3 is 14.3 Å². The standard InChI is InChI=1S/C15H14O4/c16-14(17)15(10-11-4-3-8-18-11)7-9-19-13-6-2-1-5-12(13)15/h1-6,8H,7,9-10H2,(H,16,17). The van der Waals surface area contributed by atoms with Crippen LogP contribution in [0.3, 0.4) is 0 Å². The lowest BCUT2D eigenvalue weighted by atomic mass is 9.73. The molecule has 1 aliphatic heterocycles. The Bertz CT molecular complexity index is 588. The first-order chi connectivity index (χ1) is 9.22. The molecule has 1 aliphatic rings. The molecule has 98 valence electrons. The van der Waals surface area contributed by atoms with Crippen LogP contribution in [0.25, 0.3) is 0 Å². The van der Waals surface area contributed by atoms with Crippen molar-refractivity contribution >= 4 is 5.97 Å². The molecule has 0 saturated carbocycles. The lowest BCUT2D eigenvalue weighted by Crippen LogP contribution is -2.42. The van der Waals surface area contributed by atoms with E-state index in [1.165, 1.54) is 0 Å². The maximum Gasteiger partial charge on any atom is 0.314 e. The van der Waals surface area contributed by atoms with Gasteiger partial charge in [-0.2, -0.15) is 0 Å². The molecule has 0 radical (unpaired) electrons. The maximum atomic E-state index is 11.9. The fraction of sp³-hybridized carbons (Fsp3) is 0.267. The number of carbonyl (C=O) groups is 1. The smallest absolute Gasteiger partial charge is 0.314 e. The number of hydrogen-bond donors (Lipinski definition) is 1. The Labute approximate surface area is 110 Å². The molecular weight excluding hydrogens is 244 g/mol. The van der Waals surface area contributed by atoms with Crippen LogP contribution >= 0.6 is 0 Å². The minimum Gasteiger partial charge on any atom is -0.493 e. The Hall–Kier alpha value is -2.23. The summed E-state index contributed by atoms with van der Waals surface area (Å²) in [4.78, 5) is 11.9. The van der Waals surface area contributed by atoms with E-state index in [0.29, 0.717) is 31.0 Å². The molecule has 0 fully saturated rings. The highest BCUT2D eigenvalue weighted by molar-refractivity contribution is 5.83. The van der Waals surface area contributed by atoms with Crippen molar-refractivity contribution in [1.29, 1.82) is 0 Å². The largest absolute Gasteiger partial charge is 0.493 e. The van der Waals surface area contributed by atoms with Crippen LogP contribution in [0.2, 0.25) is 0 Å². The second-order valence-electron chi connectivity index (χ2n) is 4.74. The third-order valence-electron chi connectivity index (χ3n) is 3.65. The Morgan fingerprint density at radius 2 is 2.11 bits per heavy atom. The van der Waals surface area contributed by atoms with Crippen LogP contribution in [0, 0.1) is 0 Å². The summed E-state index contributed by atoms with van der Waals surface area (Å²) < 4.78 is 10.9. The van der Waals surface area contributed by atoms with Gasteiger partial charge in [0, 0.05) is 18.4 Å². The maximum absolute atomic E-state index is 11.9. The number of rotatable bonds is 3. The summed E-state index contributed by atoms with van der Waals surface area (Å²) in [5.74, 6) is 0.501. The highest BCUT2D eigenvalue weighted by Gasteiger charge is 2.45. The molecule has 1 unspecified atom stereocenters. The fourth-order valence-corrected chi connectivity index (χ4v) is 2.65. The van der Waals surface area contributed by atoms with E-state index >= 15 is 0 Å². The summed E-state index contributed by atoms with van der Waals surface area (Å²) in [6.07, 6.45) is 2.35. The number of para-hydroxylation sites is 1. The normalized spacial score (nSPS) is 21.5. The lowest BCUT2D eigenvalue weighted by Gasteiger charge is -2.34. The van der Waals surface area contributed by atoms with Gasteiger partial charge in [0.1, 0.15) is 16.9 Å². The van der Waals surface area contributed by atoms with Gasteiger partial charge in [0.15, 0.2) is 0 Å². The van der Waals surface area contributed by atoms with Crippen molar-refractivity contribution in [2.75, 3.05) is 6.61 Å². The van der Waals surface area contributed by atoms with Crippen molar-refractivity contribution in [3.05, 3.63) is 54.0 Å². The SMILES string of the molecule is O=C(O)C1(Cc2ccco2)CCOc2ccccc21. The Kier molecular flexibility index (Phi) is 2.78. The number of aliphatic carboxylic acids is 1. The molecule has 19 heavy (non-hydrogen) atoms. The van der Waals surface area contributed by atoms with Gasteiger partial charge in [-0.3, -0.25) is 4.79 Å². The molecule has 3 rings (SSSR count). The Morgan fingerprint density at radius 3 is 2.84 bits per heavy atom. The minimum atomic E-state index is -0.966. The van der Waals surface area contributed by atoms with Crippen LogP contribution in [0.4, 0.5) is 0 Å². The second kappa shape index (κ2) is 4.46. The molecule has 4 nitrogen and oxygen atoms in total. The molecule has 2 heterocycles.